The fraction of sp³-hybridized carbons (Fsp3) is 0.619. The highest BCUT2D eigenvalue weighted by molar-refractivity contribution is 5.79. The lowest BCUT2D eigenvalue weighted by atomic mass is 9.98. The molecule has 4 rings (SSSR count). The van der Waals surface area contributed by atoms with Gasteiger partial charge in [-0.15, -0.1) is 0 Å². The molecule has 26 heavy (non-hydrogen) atoms. The first-order valence-corrected chi connectivity index (χ1v) is 10.00. The highest BCUT2D eigenvalue weighted by atomic mass is 16.5. The third-order valence-electron chi connectivity index (χ3n) is 5.49. The molecule has 0 saturated heterocycles. The first-order valence-electron chi connectivity index (χ1n) is 10.00. The van der Waals surface area contributed by atoms with E-state index in [1.165, 1.54) is 38.5 Å². The second-order valence-electron chi connectivity index (χ2n) is 7.46. The van der Waals surface area contributed by atoms with Crippen LogP contribution in [-0.2, 0) is 0 Å². The summed E-state index contributed by atoms with van der Waals surface area (Å²) in [4.78, 5) is 9.20. The van der Waals surface area contributed by atoms with Crippen molar-refractivity contribution in [3.63, 3.8) is 0 Å². The topological polar surface area (TPSA) is 53.5 Å². The molecule has 0 aliphatic heterocycles. The van der Waals surface area contributed by atoms with E-state index in [1.54, 1.807) is 13.3 Å². The maximum Gasteiger partial charge on any atom is 0.233 e. The van der Waals surface area contributed by atoms with Crippen LogP contribution in [0.3, 0.4) is 0 Å². The van der Waals surface area contributed by atoms with Crippen molar-refractivity contribution < 1.29 is 14.2 Å². The van der Waals surface area contributed by atoms with Gasteiger partial charge in [-0.2, -0.15) is 0 Å². The molecule has 1 heterocycles. The van der Waals surface area contributed by atoms with Crippen molar-refractivity contribution in [2.24, 2.45) is 0 Å². The number of rotatable bonds is 5. The van der Waals surface area contributed by atoms with Gasteiger partial charge in [-0.3, -0.25) is 0 Å². The van der Waals surface area contributed by atoms with Gasteiger partial charge in [-0.05, 0) is 51.4 Å². The third-order valence-corrected chi connectivity index (χ3v) is 5.49. The van der Waals surface area contributed by atoms with Crippen molar-refractivity contribution in [3.8, 4) is 17.4 Å². The summed E-state index contributed by atoms with van der Waals surface area (Å²) in [5, 5.41) is 0. The lowest BCUT2D eigenvalue weighted by Gasteiger charge is -2.24. The first-order chi connectivity index (χ1) is 12.8. The summed E-state index contributed by atoms with van der Waals surface area (Å²) in [6.45, 7) is 0. The van der Waals surface area contributed by atoms with Gasteiger partial charge >= 0.3 is 0 Å². The van der Waals surface area contributed by atoms with Crippen molar-refractivity contribution in [1.29, 1.82) is 0 Å². The Balaban J connectivity index is 1.56. The molecule has 2 saturated carbocycles. The molecule has 1 aromatic heterocycles. The number of hydrogen-bond acceptors (Lipinski definition) is 5. The summed E-state index contributed by atoms with van der Waals surface area (Å²) in [5.41, 5.74) is 1.60. The average molecular weight is 356 g/mol. The fourth-order valence-corrected chi connectivity index (χ4v) is 4.03. The molecule has 2 aliphatic rings. The van der Waals surface area contributed by atoms with Crippen molar-refractivity contribution >= 4 is 11.0 Å². The van der Waals surface area contributed by atoms with E-state index in [4.69, 9.17) is 14.2 Å². The molecule has 0 atom stereocenters. The van der Waals surface area contributed by atoms with Gasteiger partial charge in [0.2, 0.25) is 5.88 Å². The monoisotopic (exact) mass is 356 g/mol. The molecule has 5 heteroatoms. The average Bonchev–Trinajstić information content (AvgIpc) is 2.69. The maximum atomic E-state index is 6.24. The van der Waals surface area contributed by atoms with Crippen molar-refractivity contribution in [3.05, 3.63) is 18.3 Å². The van der Waals surface area contributed by atoms with E-state index >= 15 is 0 Å². The van der Waals surface area contributed by atoms with Gasteiger partial charge in [-0.1, -0.05) is 12.8 Å². The van der Waals surface area contributed by atoms with Crippen LogP contribution in [0.4, 0.5) is 0 Å². The molecule has 0 amide bonds. The Morgan fingerprint density at radius 2 is 1.38 bits per heavy atom. The Morgan fingerprint density at radius 1 is 0.769 bits per heavy atom. The van der Waals surface area contributed by atoms with Crippen molar-refractivity contribution in [1.82, 2.24) is 9.97 Å². The van der Waals surface area contributed by atoms with E-state index in [2.05, 4.69) is 9.97 Å². The van der Waals surface area contributed by atoms with Crippen molar-refractivity contribution in [2.75, 3.05) is 7.11 Å². The van der Waals surface area contributed by atoms with Gasteiger partial charge in [0.1, 0.15) is 6.10 Å². The zero-order chi connectivity index (χ0) is 17.8. The molecule has 0 unspecified atom stereocenters. The lowest BCUT2D eigenvalue weighted by molar-refractivity contribution is 0.148. The van der Waals surface area contributed by atoms with Gasteiger partial charge in [0, 0.05) is 12.1 Å². The van der Waals surface area contributed by atoms with Crippen LogP contribution >= 0.6 is 0 Å². The number of nitrogens with zero attached hydrogens (tertiary/aromatic N) is 2. The predicted octanol–water partition coefficient (Wildman–Crippen LogP) is 5.06. The van der Waals surface area contributed by atoms with E-state index in [1.807, 2.05) is 12.1 Å². The van der Waals surface area contributed by atoms with E-state index < -0.39 is 0 Å². The third kappa shape index (κ3) is 4.02. The van der Waals surface area contributed by atoms with Crippen LogP contribution in [0, 0.1) is 0 Å². The normalized spacial score (nSPS) is 19.4. The second kappa shape index (κ2) is 8.11. The SMILES string of the molecule is COc1cc2ncc(OC3CCCCC3)nc2cc1OC1CCCCC1. The Labute approximate surface area is 155 Å². The smallest absolute Gasteiger partial charge is 0.233 e. The summed E-state index contributed by atoms with van der Waals surface area (Å²) in [7, 11) is 1.67. The van der Waals surface area contributed by atoms with E-state index in [0.717, 1.165) is 48.2 Å². The minimum absolute atomic E-state index is 0.268. The van der Waals surface area contributed by atoms with E-state index in [9.17, 15) is 0 Å². The summed E-state index contributed by atoms with van der Waals surface area (Å²) in [5.74, 6) is 2.09. The van der Waals surface area contributed by atoms with Crippen LogP contribution in [0.15, 0.2) is 18.3 Å². The van der Waals surface area contributed by atoms with Gasteiger partial charge in [-0.25, -0.2) is 9.97 Å². The molecule has 2 aliphatic carbocycles. The number of ether oxygens (including phenoxy) is 3. The second-order valence-corrected chi connectivity index (χ2v) is 7.46. The Morgan fingerprint density at radius 3 is 2.04 bits per heavy atom. The van der Waals surface area contributed by atoms with Crippen LogP contribution in [0.1, 0.15) is 64.2 Å². The highest BCUT2D eigenvalue weighted by Gasteiger charge is 2.19. The molecule has 0 N–H and O–H groups in total. The van der Waals surface area contributed by atoms with Crippen molar-refractivity contribution in [2.45, 2.75) is 76.4 Å². The Bertz CT molecular complexity index is 737. The van der Waals surface area contributed by atoms with E-state index in [-0.39, 0.29) is 12.2 Å². The highest BCUT2D eigenvalue weighted by Crippen LogP contribution is 2.34. The van der Waals surface area contributed by atoms with E-state index in [0.29, 0.717) is 5.88 Å². The molecule has 0 bridgehead atoms. The molecule has 0 radical (unpaired) electrons. The summed E-state index contributed by atoms with van der Waals surface area (Å²) in [6, 6.07) is 3.86. The fourth-order valence-electron chi connectivity index (χ4n) is 4.03. The van der Waals surface area contributed by atoms with Gasteiger partial charge in [0.05, 0.1) is 30.4 Å². The number of aromatic nitrogens is 2. The number of benzene rings is 1. The molecule has 0 spiro atoms. The summed E-state index contributed by atoms with van der Waals surface area (Å²) < 4.78 is 17.8. The standard InChI is InChI=1S/C21H28N2O3/c1-24-19-12-17-18(13-20(19)25-15-8-4-2-5-9-15)23-21(14-22-17)26-16-10-6-3-7-11-16/h12-16H,2-11H2,1H3. The molecular formula is C21H28N2O3. The minimum Gasteiger partial charge on any atom is -0.493 e. The Hall–Kier alpha value is -2.04. The summed E-state index contributed by atoms with van der Waals surface area (Å²) in [6.07, 6.45) is 14.3. The van der Waals surface area contributed by atoms with Gasteiger partial charge in [0.15, 0.2) is 11.5 Å². The molecule has 5 nitrogen and oxygen atoms in total. The predicted molar refractivity (Wildman–Crippen MR) is 101 cm³/mol. The number of methoxy groups -OCH3 is 1. The largest absolute Gasteiger partial charge is 0.493 e. The van der Waals surface area contributed by atoms with Crippen LogP contribution in [0.5, 0.6) is 17.4 Å². The molecular weight excluding hydrogens is 328 g/mol. The Kier molecular flexibility index (Phi) is 5.42. The van der Waals surface area contributed by atoms with Crippen LogP contribution in [0.2, 0.25) is 0 Å². The van der Waals surface area contributed by atoms with Crippen LogP contribution in [0.25, 0.3) is 11.0 Å². The number of fused-ring (bicyclic) bond motifs is 1. The molecule has 2 aromatic rings. The van der Waals surface area contributed by atoms with Crippen LogP contribution in [-0.4, -0.2) is 29.3 Å². The zero-order valence-electron chi connectivity index (χ0n) is 15.6. The zero-order valence-corrected chi connectivity index (χ0v) is 15.6. The van der Waals surface area contributed by atoms with Gasteiger partial charge < -0.3 is 14.2 Å². The minimum atomic E-state index is 0.268. The first kappa shape index (κ1) is 17.4. The molecule has 1 aromatic carbocycles. The number of hydrogen-bond donors (Lipinski definition) is 0. The van der Waals surface area contributed by atoms with Crippen LogP contribution < -0.4 is 14.2 Å². The molecule has 140 valence electrons. The maximum absolute atomic E-state index is 6.24. The van der Waals surface area contributed by atoms with Gasteiger partial charge in [0.25, 0.3) is 0 Å². The molecule has 2 fully saturated rings. The lowest BCUT2D eigenvalue weighted by Crippen LogP contribution is -2.20. The summed E-state index contributed by atoms with van der Waals surface area (Å²) >= 11 is 0. The quantitative estimate of drug-likeness (QED) is 0.749.